The zero-order valence-corrected chi connectivity index (χ0v) is 37.0. The largest absolute Gasteiger partial charge is 0.756 e. The van der Waals surface area contributed by atoms with Crippen molar-refractivity contribution in [2.24, 2.45) is 0 Å². The molecule has 326 valence electrons. The fourth-order valence-electron chi connectivity index (χ4n) is 5.11. The molecule has 0 aromatic carbocycles. The number of quaternary nitrogens is 1. The van der Waals surface area contributed by atoms with Crippen LogP contribution in [-0.2, 0) is 32.7 Å². The van der Waals surface area contributed by atoms with Crippen LogP contribution in [0.25, 0.3) is 0 Å². The summed E-state index contributed by atoms with van der Waals surface area (Å²) in [6, 6.07) is 0. The minimum atomic E-state index is -4.66. The fraction of sp³-hybridized carbons (Fsp3) is 0.652. The predicted molar refractivity (Wildman–Crippen MR) is 232 cm³/mol. The van der Waals surface area contributed by atoms with Crippen molar-refractivity contribution in [2.45, 2.75) is 148 Å². The summed E-state index contributed by atoms with van der Waals surface area (Å²) in [7, 11) is 1.08. The quantitative estimate of drug-likeness (QED) is 0.0162. The number of likely N-dealkylation sites (N-methyl/N-ethyl adjacent to an activating group) is 1. The van der Waals surface area contributed by atoms with Crippen LogP contribution >= 0.6 is 7.82 Å². The maximum atomic E-state index is 12.6. The number of phosphoric acid groups is 1. The maximum Gasteiger partial charge on any atom is 0.306 e. The SMILES string of the molecule is CC/C=C\C/C=C\CC(O)/C=C/C=C\C/C=C\C/C=C\CCC(=O)OC[C@H](COP(=O)([O-])OCC[N+](C)(C)C)OC(=O)CCCCCCC/C=C\CCCCCC. The monoisotopic (exact) mass is 820 g/mol. The van der Waals surface area contributed by atoms with Crippen molar-refractivity contribution in [2.75, 3.05) is 47.5 Å². The normalized spacial score (nSPS) is 15.0. The molecular formula is C46H78NO9P. The number of nitrogens with zero attached hydrogens (tertiary/aromatic N) is 1. The van der Waals surface area contributed by atoms with Gasteiger partial charge >= 0.3 is 11.9 Å². The number of carbonyl (C=O) groups is 2. The second kappa shape index (κ2) is 37.4. The first-order valence-corrected chi connectivity index (χ1v) is 22.9. The van der Waals surface area contributed by atoms with Gasteiger partial charge in [0.05, 0.1) is 33.9 Å². The lowest BCUT2D eigenvalue weighted by atomic mass is 10.1. The fourth-order valence-corrected chi connectivity index (χ4v) is 5.84. The highest BCUT2D eigenvalue weighted by atomic mass is 31.2. The molecule has 1 N–H and O–H groups in total. The van der Waals surface area contributed by atoms with E-state index < -0.39 is 38.6 Å². The number of aliphatic hydroxyl groups is 1. The molecule has 0 fully saturated rings. The molecule has 3 atom stereocenters. The van der Waals surface area contributed by atoms with Gasteiger partial charge < -0.3 is 33.0 Å². The summed E-state index contributed by atoms with van der Waals surface area (Å²) in [4.78, 5) is 37.4. The molecule has 57 heavy (non-hydrogen) atoms. The third kappa shape index (κ3) is 41.1. The molecule has 0 heterocycles. The number of unbranched alkanes of at least 4 members (excludes halogenated alkanes) is 9. The van der Waals surface area contributed by atoms with E-state index in [9.17, 15) is 24.2 Å². The summed E-state index contributed by atoms with van der Waals surface area (Å²) in [5.41, 5.74) is 0. The van der Waals surface area contributed by atoms with Gasteiger partial charge in [0.15, 0.2) is 6.10 Å². The van der Waals surface area contributed by atoms with E-state index >= 15 is 0 Å². The van der Waals surface area contributed by atoms with Gasteiger partial charge in [-0.05, 0) is 70.6 Å². The zero-order chi connectivity index (χ0) is 42.3. The number of rotatable bonds is 37. The van der Waals surface area contributed by atoms with Crippen molar-refractivity contribution < 1.29 is 47.2 Å². The van der Waals surface area contributed by atoms with Gasteiger partial charge in [-0.3, -0.25) is 14.2 Å². The Balaban J connectivity index is 4.58. The summed E-state index contributed by atoms with van der Waals surface area (Å²) in [5.74, 6) is -0.982. The Kier molecular flexibility index (Phi) is 35.6. The highest BCUT2D eigenvalue weighted by Crippen LogP contribution is 2.38. The molecule has 10 nitrogen and oxygen atoms in total. The molecule has 0 spiro atoms. The van der Waals surface area contributed by atoms with E-state index in [4.69, 9.17) is 18.5 Å². The first-order valence-electron chi connectivity index (χ1n) is 21.4. The number of allylic oxidation sites excluding steroid dienone is 12. The molecule has 0 rings (SSSR count). The van der Waals surface area contributed by atoms with Crippen LogP contribution < -0.4 is 4.89 Å². The Hall–Kier alpha value is -2.85. The number of hydrogen-bond acceptors (Lipinski definition) is 9. The lowest BCUT2D eigenvalue weighted by Crippen LogP contribution is -2.37. The van der Waals surface area contributed by atoms with Gasteiger partial charge in [0.25, 0.3) is 7.82 Å². The Morgan fingerprint density at radius 3 is 1.95 bits per heavy atom. The maximum absolute atomic E-state index is 12.6. The van der Waals surface area contributed by atoms with Gasteiger partial charge in [-0.15, -0.1) is 0 Å². The van der Waals surface area contributed by atoms with Crippen molar-refractivity contribution >= 4 is 19.8 Å². The van der Waals surface area contributed by atoms with Crippen LogP contribution in [0.3, 0.4) is 0 Å². The van der Waals surface area contributed by atoms with Gasteiger partial charge in [-0.1, -0.05) is 137 Å². The number of phosphoric ester groups is 1. The molecule has 0 aliphatic heterocycles. The third-order valence-corrected chi connectivity index (χ3v) is 9.46. The van der Waals surface area contributed by atoms with Crippen molar-refractivity contribution in [1.82, 2.24) is 0 Å². The first kappa shape index (κ1) is 54.2. The van der Waals surface area contributed by atoms with E-state index in [2.05, 4.69) is 44.2 Å². The summed E-state index contributed by atoms with van der Waals surface area (Å²) in [6.45, 7) is 3.89. The topological polar surface area (TPSA) is 131 Å². The van der Waals surface area contributed by atoms with E-state index in [0.717, 1.165) is 64.2 Å². The Labute approximate surface area is 346 Å². The van der Waals surface area contributed by atoms with Crippen molar-refractivity contribution in [1.29, 1.82) is 0 Å². The lowest BCUT2D eigenvalue weighted by molar-refractivity contribution is -0.870. The lowest BCUT2D eigenvalue weighted by Gasteiger charge is -2.28. The number of hydrogen-bond donors (Lipinski definition) is 1. The Morgan fingerprint density at radius 2 is 1.26 bits per heavy atom. The van der Waals surface area contributed by atoms with Gasteiger partial charge in [-0.25, -0.2) is 0 Å². The minimum Gasteiger partial charge on any atom is -0.756 e. The number of aliphatic hydroxyl groups excluding tert-OH is 1. The molecule has 0 amide bonds. The molecule has 0 saturated heterocycles. The second-order valence-electron chi connectivity index (χ2n) is 15.2. The molecule has 0 aliphatic carbocycles. The van der Waals surface area contributed by atoms with Crippen LogP contribution in [0, 0.1) is 0 Å². The molecule has 0 saturated carbocycles. The first-order chi connectivity index (χ1) is 27.4. The van der Waals surface area contributed by atoms with Gasteiger partial charge in [0.1, 0.15) is 19.8 Å². The summed E-state index contributed by atoms with van der Waals surface area (Å²) < 4.78 is 33.7. The number of carbonyl (C=O) groups excluding carboxylic acids is 2. The molecule has 0 aromatic heterocycles. The van der Waals surface area contributed by atoms with Gasteiger partial charge in [0, 0.05) is 12.8 Å². The summed E-state index contributed by atoms with van der Waals surface area (Å²) in [5, 5.41) is 10.0. The molecule has 0 aliphatic rings. The van der Waals surface area contributed by atoms with E-state index in [1.165, 1.54) is 25.7 Å². The summed E-state index contributed by atoms with van der Waals surface area (Å²) >= 11 is 0. The van der Waals surface area contributed by atoms with Crippen molar-refractivity contribution in [3.63, 3.8) is 0 Å². The molecule has 0 aromatic rings. The average molecular weight is 820 g/mol. The van der Waals surface area contributed by atoms with Crippen LogP contribution in [0.4, 0.5) is 0 Å². The Morgan fingerprint density at radius 1 is 0.667 bits per heavy atom. The standard InChI is InChI=1S/C46H78NO9P/c1-6-8-10-12-14-15-16-17-18-23-26-30-34-38-46(50)56-44(42-55-57(51,52)54-40-39-47(3,4)5)41-53-45(49)37-33-29-25-22-20-19-21-24-28-32-36-43(48)35-31-27-13-11-9-7-2/h9,11,15-16,19-20,24-25,27-29,31-32,36,43-44,48H,6-8,10,12-14,17-18,21-23,26,30,33-35,37-42H2,1-5H3/b11-9-,16-15-,20-19-,28-24-,29-25-,31-27-,36-32+/t43?,44-/m1/s1. The van der Waals surface area contributed by atoms with Crippen molar-refractivity contribution in [3.05, 3.63) is 85.1 Å². The average Bonchev–Trinajstić information content (AvgIpc) is 3.15. The van der Waals surface area contributed by atoms with Crippen LogP contribution in [-0.4, -0.2) is 81.2 Å². The summed E-state index contributed by atoms with van der Waals surface area (Å²) in [6.07, 6.45) is 43.7. The van der Waals surface area contributed by atoms with Crippen LogP contribution in [0.15, 0.2) is 85.1 Å². The number of ether oxygens (including phenoxy) is 2. The zero-order valence-electron chi connectivity index (χ0n) is 36.1. The van der Waals surface area contributed by atoms with Gasteiger partial charge in [-0.2, -0.15) is 0 Å². The van der Waals surface area contributed by atoms with Crippen LogP contribution in [0.2, 0.25) is 0 Å². The highest BCUT2D eigenvalue weighted by Gasteiger charge is 2.21. The van der Waals surface area contributed by atoms with Crippen molar-refractivity contribution in [3.8, 4) is 0 Å². The second-order valence-corrected chi connectivity index (χ2v) is 16.6. The van der Waals surface area contributed by atoms with E-state index in [-0.39, 0.29) is 26.1 Å². The minimum absolute atomic E-state index is 0.0563. The smallest absolute Gasteiger partial charge is 0.306 e. The van der Waals surface area contributed by atoms with Gasteiger partial charge in [0.2, 0.25) is 0 Å². The molecule has 0 radical (unpaired) electrons. The van der Waals surface area contributed by atoms with E-state index in [0.29, 0.717) is 30.3 Å². The highest BCUT2D eigenvalue weighted by molar-refractivity contribution is 7.45. The molecule has 11 heteroatoms. The number of esters is 2. The van der Waals surface area contributed by atoms with E-state index in [1.807, 2.05) is 69.8 Å². The molecule has 2 unspecified atom stereocenters. The Bertz CT molecular complexity index is 1260. The molecule has 0 bridgehead atoms. The third-order valence-electron chi connectivity index (χ3n) is 8.49. The predicted octanol–water partition coefficient (Wildman–Crippen LogP) is 10.4. The molecular weight excluding hydrogens is 741 g/mol. The van der Waals surface area contributed by atoms with Crippen LogP contribution in [0.5, 0.6) is 0 Å². The van der Waals surface area contributed by atoms with Crippen LogP contribution in [0.1, 0.15) is 136 Å². The van der Waals surface area contributed by atoms with E-state index in [1.54, 1.807) is 6.08 Å².